The highest BCUT2D eigenvalue weighted by molar-refractivity contribution is 6.30. The van der Waals surface area contributed by atoms with Crippen LogP contribution in [0.3, 0.4) is 0 Å². The van der Waals surface area contributed by atoms with Gasteiger partial charge in [0.1, 0.15) is 0 Å². The lowest BCUT2D eigenvalue weighted by molar-refractivity contribution is 0.841. The highest BCUT2D eigenvalue weighted by Crippen LogP contribution is 2.09. The molecule has 0 N–H and O–H groups in total. The smallest absolute Gasteiger partial charge is 0.153 e. The van der Waals surface area contributed by atoms with Gasteiger partial charge in [0.05, 0.1) is 17.4 Å². The average molecular weight is 194 g/mol. The maximum Gasteiger partial charge on any atom is 0.153 e. The van der Waals surface area contributed by atoms with Crippen LogP contribution < -0.4 is 0 Å². The van der Waals surface area contributed by atoms with Crippen LogP contribution in [0.15, 0.2) is 30.6 Å². The Hall–Kier alpha value is -1.35. The van der Waals surface area contributed by atoms with Crippen LogP contribution in [0, 0.1) is 6.92 Å². The lowest BCUT2D eigenvalue weighted by Crippen LogP contribution is -1.97. The first-order valence-corrected chi connectivity index (χ1v) is 4.28. The van der Waals surface area contributed by atoms with Gasteiger partial charge in [0, 0.05) is 5.69 Å². The zero-order valence-electron chi connectivity index (χ0n) is 7.11. The van der Waals surface area contributed by atoms with E-state index in [9.17, 15) is 0 Å². The number of rotatable bonds is 1. The summed E-state index contributed by atoms with van der Waals surface area (Å²) >= 11 is 5.74. The lowest BCUT2D eigenvalue weighted by Gasteiger charge is -1.99. The van der Waals surface area contributed by atoms with Gasteiger partial charge in [0.2, 0.25) is 0 Å². The molecular weight excluding hydrogens is 186 g/mol. The Labute approximate surface area is 81.0 Å². The summed E-state index contributed by atoms with van der Waals surface area (Å²) in [5, 5.41) is 4.66. The minimum absolute atomic E-state index is 0.614. The monoisotopic (exact) mass is 193 g/mol. The maximum absolute atomic E-state index is 5.74. The fourth-order valence-corrected chi connectivity index (χ4v) is 1.22. The van der Waals surface area contributed by atoms with Crippen molar-refractivity contribution in [1.29, 1.82) is 0 Å². The van der Waals surface area contributed by atoms with Gasteiger partial charge in [0.25, 0.3) is 0 Å². The van der Waals surface area contributed by atoms with E-state index >= 15 is 0 Å². The van der Waals surface area contributed by atoms with Crippen LogP contribution in [-0.2, 0) is 0 Å². The predicted octanol–water partition coefficient (Wildman–Crippen LogP) is 2.23. The van der Waals surface area contributed by atoms with Crippen LogP contribution in [0.1, 0.15) is 5.69 Å². The molecule has 0 saturated carbocycles. The number of pyridine rings is 1. The Balaban J connectivity index is 2.46. The lowest BCUT2D eigenvalue weighted by atomic mass is 10.4. The number of aryl methyl sites for hydroxylation is 1. The first kappa shape index (κ1) is 8.26. The number of aromatic nitrogens is 3. The Morgan fingerprint density at radius 1 is 1.38 bits per heavy atom. The molecule has 0 unspecified atom stereocenters. The third-order valence-corrected chi connectivity index (χ3v) is 1.85. The zero-order valence-corrected chi connectivity index (χ0v) is 7.86. The summed E-state index contributed by atoms with van der Waals surface area (Å²) in [7, 11) is 0. The minimum atomic E-state index is 0.614. The molecule has 0 aliphatic heterocycles. The third kappa shape index (κ3) is 1.70. The molecule has 0 amide bonds. The van der Waals surface area contributed by atoms with Gasteiger partial charge in [-0.2, -0.15) is 5.10 Å². The van der Waals surface area contributed by atoms with Crippen LogP contribution in [-0.4, -0.2) is 14.8 Å². The second kappa shape index (κ2) is 3.18. The fourth-order valence-electron chi connectivity index (χ4n) is 1.08. The van der Waals surface area contributed by atoms with E-state index < -0.39 is 0 Å². The largest absolute Gasteiger partial charge is 0.234 e. The molecule has 66 valence electrons. The van der Waals surface area contributed by atoms with E-state index in [0.717, 1.165) is 11.5 Å². The average Bonchev–Trinajstić information content (AvgIpc) is 2.52. The van der Waals surface area contributed by atoms with E-state index in [1.54, 1.807) is 17.1 Å². The summed E-state index contributed by atoms with van der Waals surface area (Å²) in [6, 6.07) is 5.76. The third-order valence-electron chi connectivity index (χ3n) is 1.66. The molecular formula is C9H8ClN3. The first-order valence-electron chi connectivity index (χ1n) is 3.90. The van der Waals surface area contributed by atoms with Crippen molar-refractivity contribution in [2.24, 2.45) is 0 Å². The van der Waals surface area contributed by atoms with E-state index in [-0.39, 0.29) is 0 Å². The van der Waals surface area contributed by atoms with E-state index in [1.807, 2.05) is 25.1 Å². The molecule has 4 heteroatoms. The number of hydrogen-bond acceptors (Lipinski definition) is 2. The predicted molar refractivity (Wildman–Crippen MR) is 51.1 cm³/mol. The summed E-state index contributed by atoms with van der Waals surface area (Å²) in [6.07, 6.45) is 3.31. The quantitative estimate of drug-likeness (QED) is 0.696. The molecule has 2 aromatic rings. The molecule has 0 aliphatic rings. The van der Waals surface area contributed by atoms with Gasteiger partial charge in [-0.25, -0.2) is 9.67 Å². The Morgan fingerprint density at radius 2 is 2.23 bits per heavy atom. The molecule has 0 aromatic carbocycles. The summed E-state index contributed by atoms with van der Waals surface area (Å²) in [4.78, 5) is 4.30. The van der Waals surface area contributed by atoms with Crippen LogP contribution in [0.5, 0.6) is 0 Å². The zero-order chi connectivity index (χ0) is 9.26. The molecule has 0 spiro atoms. The van der Waals surface area contributed by atoms with Crippen LogP contribution in [0.25, 0.3) is 5.82 Å². The van der Waals surface area contributed by atoms with Crippen molar-refractivity contribution >= 4 is 11.6 Å². The van der Waals surface area contributed by atoms with Crippen LogP contribution >= 0.6 is 11.6 Å². The molecule has 2 heterocycles. The summed E-state index contributed by atoms with van der Waals surface area (Å²) in [6.45, 7) is 1.94. The molecule has 0 aliphatic carbocycles. The number of halogens is 1. The van der Waals surface area contributed by atoms with Crippen molar-refractivity contribution in [2.75, 3.05) is 0 Å². The van der Waals surface area contributed by atoms with E-state index in [1.165, 1.54) is 0 Å². The van der Waals surface area contributed by atoms with Gasteiger partial charge in [-0.05, 0) is 19.1 Å². The van der Waals surface area contributed by atoms with Crippen molar-refractivity contribution < 1.29 is 0 Å². The van der Waals surface area contributed by atoms with Crippen LogP contribution in [0.4, 0.5) is 0 Å². The first-order chi connectivity index (χ1) is 6.25. The van der Waals surface area contributed by atoms with Crippen molar-refractivity contribution in [3.8, 4) is 5.82 Å². The topological polar surface area (TPSA) is 30.7 Å². The van der Waals surface area contributed by atoms with Gasteiger partial charge in [-0.1, -0.05) is 17.7 Å². The Kier molecular flexibility index (Phi) is 2.02. The van der Waals surface area contributed by atoms with Crippen LogP contribution in [0.2, 0.25) is 5.02 Å². The normalized spacial score (nSPS) is 10.3. The molecule has 13 heavy (non-hydrogen) atoms. The number of hydrogen-bond donors (Lipinski definition) is 0. The van der Waals surface area contributed by atoms with Crippen molar-refractivity contribution in [3.63, 3.8) is 0 Å². The second-order valence-electron chi connectivity index (χ2n) is 2.74. The van der Waals surface area contributed by atoms with Gasteiger partial charge in [0.15, 0.2) is 5.82 Å². The summed E-state index contributed by atoms with van der Waals surface area (Å²) in [5.41, 5.74) is 0.962. The molecule has 0 radical (unpaired) electrons. The maximum atomic E-state index is 5.74. The minimum Gasteiger partial charge on any atom is -0.234 e. The van der Waals surface area contributed by atoms with Gasteiger partial charge in [-0.3, -0.25) is 0 Å². The standard InChI is InChI=1S/C9H8ClN3/c1-7-3-2-4-9(12-7)13-6-8(10)5-11-13/h2-6H,1H3. The van der Waals surface area contributed by atoms with E-state index in [4.69, 9.17) is 11.6 Å². The van der Waals surface area contributed by atoms with Gasteiger partial charge < -0.3 is 0 Å². The highest BCUT2D eigenvalue weighted by atomic mass is 35.5. The summed E-state index contributed by atoms with van der Waals surface area (Å²) < 4.78 is 1.65. The number of nitrogens with zero attached hydrogens (tertiary/aromatic N) is 3. The second-order valence-corrected chi connectivity index (χ2v) is 3.18. The molecule has 0 fully saturated rings. The van der Waals surface area contributed by atoms with Crippen molar-refractivity contribution in [1.82, 2.24) is 14.8 Å². The fraction of sp³-hybridized carbons (Fsp3) is 0.111. The molecule has 2 rings (SSSR count). The van der Waals surface area contributed by atoms with E-state index in [2.05, 4.69) is 10.1 Å². The van der Waals surface area contributed by atoms with Gasteiger partial charge in [-0.15, -0.1) is 0 Å². The molecule has 3 nitrogen and oxygen atoms in total. The molecule has 2 aromatic heterocycles. The SMILES string of the molecule is Cc1cccc(-n2cc(Cl)cn2)n1. The van der Waals surface area contributed by atoms with E-state index in [0.29, 0.717) is 5.02 Å². The Morgan fingerprint density at radius 3 is 2.85 bits per heavy atom. The van der Waals surface area contributed by atoms with Crippen molar-refractivity contribution in [2.45, 2.75) is 6.92 Å². The highest BCUT2D eigenvalue weighted by Gasteiger charge is 1.99. The molecule has 0 atom stereocenters. The Bertz CT molecular complexity index is 422. The molecule has 0 saturated heterocycles. The summed E-state index contributed by atoms with van der Waals surface area (Å²) in [5.74, 6) is 0.784. The molecule has 0 bridgehead atoms. The van der Waals surface area contributed by atoms with Gasteiger partial charge >= 0.3 is 0 Å². The van der Waals surface area contributed by atoms with Crippen molar-refractivity contribution in [3.05, 3.63) is 41.3 Å².